The van der Waals surface area contributed by atoms with Crippen molar-refractivity contribution < 1.29 is 24.5 Å². The van der Waals surface area contributed by atoms with Crippen molar-refractivity contribution in [1.82, 2.24) is 4.90 Å². The quantitative estimate of drug-likeness (QED) is 0.757. The number of ether oxygens (including phenoxy) is 1. The lowest BCUT2D eigenvalue weighted by Crippen LogP contribution is -2.52. The van der Waals surface area contributed by atoms with Crippen LogP contribution in [0.5, 0.6) is 0 Å². The predicted octanol–water partition coefficient (Wildman–Crippen LogP) is 1.37. The van der Waals surface area contributed by atoms with Gasteiger partial charge in [-0.15, -0.1) is 0 Å². The fourth-order valence-corrected chi connectivity index (χ4v) is 2.43. The van der Waals surface area contributed by atoms with Crippen LogP contribution in [0.1, 0.15) is 10.4 Å². The summed E-state index contributed by atoms with van der Waals surface area (Å²) in [6.45, 7) is 0.771. The first-order valence-electron chi connectivity index (χ1n) is 6.32. The molecule has 114 valence electrons. The zero-order valence-corrected chi connectivity index (χ0v) is 12.7. The van der Waals surface area contributed by atoms with Crippen LogP contribution in [0.4, 0.5) is 10.5 Å². The van der Waals surface area contributed by atoms with Crippen molar-refractivity contribution in [1.29, 1.82) is 0 Å². The van der Waals surface area contributed by atoms with E-state index in [1.807, 2.05) is 0 Å². The van der Waals surface area contributed by atoms with Gasteiger partial charge in [-0.1, -0.05) is 15.9 Å². The van der Waals surface area contributed by atoms with E-state index in [0.29, 0.717) is 17.6 Å². The van der Waals surface area contributed by atoms with Gasteiger partial charge in [0, 0.05) is 11.0 Å². The lowest BCUT2D eigenvalue weighted by molar-refractivity contribution is -0.00485. The number of carboxylic acid groups (broad SMARTS) is 1. The number of nitrogens with zero attached hydrogens (tertiary/aromatic N) is 1. The summed E-state index contributed by atoms with van der Waals surface area (Å²) >= 11 is 3.24. The van der Waals surface area contributed by atoms with Gasteiger partial charge in [-0.25, -0.2) is 9.59 Å². The van der Waals surface area contributed by atoms with Crippen LogP contribution in [0.3, 0.4) is 0 Å². The van der Waals surface area contributed by atoms with E-state index < -0.39 is 18.0 Å². The first kappa shape index (κ1) is 15.7. The minimum atomic E-state index is -1.13. The average Bonchev–Trinajstić information content (AvgIpc) is 2.46. The minimum Gasteiger partial charge on any atom is -0.478 e. The van der Waals surface area contributed by atoms with Crippen molar-refractivity contribution >= 4 is 33.6 Å². The highest BCUT2D eigenvalue weighted by molar-refractivity contribution is 9.10. The number of nitrogens with one attached hydrogen (secondary N) is 1. The highest BCUT2D eigenvalue weighted by Gasteiger charge is 2.27. The number of anilines is 1. The number of aliphatic hydroxyl groups excluding tert-OH is 1. The molecule has 1 aromatic rings. The summed E-state index contributed by atoms with van der Waals surface area (Å²) in [6, 6.07) is 3.63. The van der Waals surface area contributed by atoms with Gasteiger partial charge < -0.3 is 25.2 Å². The number of amides is 2. The van der Waals surface area contributed by atoms with Gasteiger partial charge in [-0.05, 0) is 18.2 Å². The van der Waals surface area contributed by atoms with Crippen molar-refractivity contribution in [3.63, 3.8) is 0 Å². The molecule has 1 unspecified atom stereocenters. The monoisotopic (exact) mass is 358 g/mol. The molecule has 8 heteroatoms. The summed E-state index contributed by atoms with van der Waals surface area (Å²) in [4.78, 5) is 24.9. The first-order valence-corrected chi connectivity index (χ1v) is 7.11. The number of halogens is 1. The molecule has 1 aromatic carbocycles. The van der Waals surface area contributed by atoms with Crippen LogP contribution < -0.4 is 5.32 Å². The Bertz CT molecular complexity index is 551. The Kier molecular flexibility index (Phi) is 5.16. The third kappa shape index (κ3) is 3.72. The van der Waals surface area contributed by atoms with Crippen molar-refractivity contribution in [3.05, 3.63) is 28.2 Å². The van der Waals surface area contributed by atoms with E-state index in [-0.39, 0.29) is 24.5 Å². The maximum absolute atomic E-state index is 12.3. The highest BCUT2D eigenvalue weighted by Crippen LogP contribution is 2.22. The maximum Gasteiger partial charge on any atom is 0.337 e. The smallest absolute Gasteiger partial charge is 0.337 e. The Balaban J connectivity index is 2.18. The summed E-state index contributed by atoms with van der Waals surface area (Å²) < 4.78 is 5.86. The number of carbonyl (C=O) groups excluding carboxylic acids is 1. The van der Waals surface area contributed by atoms with E-state index in [0.717, 1.165) is 0 Å². The first-order chi connectivity index (χ1) is 10.0. The molecule has 21 heavy (non-hydrogen) atoms. The van der Waals surface area contributed by atoms with Crippen molar-refractivity contribution in [3.8, 4) is 0 Å². The topological polar surface area (TPSA) is 99.1 Å². The molecular weight excluding hydrogens is 344 g/mol. The van der Waals surface area contributed by atoms with E-state index in [9.17, 15) is 14.7 Å². The Morgan fingerprint density at radius 1 is 1.48 bits per heavy atom. The summed E-state index contributed by atoms with van der Waals surface area (Å²) in [6.07, 6.45) is 0. The van der Waals surface area contributed by atoms with E-state index in [4.69, 9.17) is 9.84 Å². The minimum absolute atomic E-state index is 0.000331. The largest absolute Gasteiger partial charge is 0.478 e. The fraction of sp³-hybridized carbons (Fsp3) is 0.385. The van der Waals surface area contributed by atoms with Crippen LogP contribution in [-0.2, 0) is 4.74 Å². The molecule has 0 aromatic heterocycles. The Labute approximate surface area is 129 Å². The van der Waals surface area contributed by atoms with Gasteiger partial charge in [-0.3, -0.25) is 0 Å². The second-order valence-corrected chi connectivity index (χ2v) is 5.45. The molecule has 1 saturated heterocycles. The van der Waals surface area contributed by atoms with Gasteiger partial charge in [0.25, 0.3) is 0 Å². The number of benzene rings is 1. The van der Waals surface area contributed by atoms with E-state index in [2.05, 4.69) is 21.2 Å². The van der Waals surface area contributed by atoms with Crippen LogP contribution in [0, 0.1) is 0 Å². The molecule has 0 bridgehead atoms. The molecule has 1 aliphatic rings. The molecule has 7 nitrogen and oxygen atoms in total. The van der Waals surface area contributed by atoms with Gasteiger partial charge in [0.2, 0.25) is 0 Å². The zero-order chi connectivity index (χ0) is 15.4. The molecule has 1 atom stereocenters. The van der Waals surface area contributed by atoms with Crippen molar-refractivity contribution in [2.45, 2.75) is 6.04 Å². The van der Waals surface area contributed by atoms with Gasteiger partial charge in [0.05, 0.1) is 37.1 Å². The number of morpholine rings is 1. The highest BCUT2D eigenvalue weighted by atomic mass is 79.9. The van der Waals surface area contributed by atoms with Gasteiger partial charge in [0.15, 0.2) is 0 Å². The van der Waals surface area contributed by atoms with Crippen LogP contribution in [-0.4, -0.2) is 59.5 Å². The van der Waals surface area contributed by atoms with E-state index >= 15 is 0 Å². The standard InChI is InChI=1S/C13H15BrN2O5/c14-8-1-2-10(12(18)19)11(5-8)15-13(20)16-3-4-21-7-9(16)6-17/h1-2,5,9,17H,3-4,6-7H2,(H,15,20)(H,18,19). The maximum atomic E-state index is 12.3. The van der Waals surface area contributed by atoms with Gasteiger partial charge in [-0.2, -0.15) is 0 Å². The number of carbonyl (C=O) groups is 2. The van der Waals surface area contributed by atoms with Crippen LogP contribution in [0.15, 0.2) is 22.7 Å². The average molecular weight is 359 g/mol. The van der Waals surface area contributed by atoms with Crippen LogP contribution in [0.2, 0.25) is 0 Å². The molecule has 0 radical (unpaired) electrons. The second-order valence-electron chi connectivity index (χ2n) is 4.53. The number of hydrogen-bond acceptors (Lipinski definition) is 4. The van der Waals surface area contributed by atoms with Crippen molar-refractivity contribution in [2.24, 2.45) is 0 Å². The molecule has 1 aliphatic heterocycles. The molecule has 1 fully saturated rings. The lowest BCUT2D eigenvalue weighted by Gasteiger charge is -2.34. The molecule has 3 N–H and O–H groups in total. The summed E-state index contributed by atoms with van der Waals surface area (Å²) in [7, 11) is 0. The van der Waals surface area contributed by atoms with E-state index in [1.54, 1.807) is 6.07 Å². The Morgan fingerprint density at radius 3 is 2.90 bits per heavy atom. The predicted molar refractivity (Wildman–Crippen MR) is 78.5 cm³/mol. The summed E-state index contributed by atoms with van der Waals surface area (Å²) in [5.74, 6) is -1.13. The SMILES string of the molecule is O=C(O)c1ccc(Br)cc1NC(=O)N1CCOCC1CO. The normalized spacial score (nSPS) is 18.4. The Morgan fingerprint density at radius 2 is 2.24 bits per heavy atom. The van der Waals surface area contributed by atoms with Gasteiger partial charge >= 0.3 is 12.0 Å². The lowest BCUT2D eigenvalue weighted by atomic mass is 10.2. The molecule has 0 aliphatic carbocycles. The third-order valence-electron chi connectivity index (χ3n) is 3.15. The second kappa shape index (κ2) is 6.88. The molecule has 2 rings (SSSR count). The number of aliphatic hydroxyl groups is 1. The molecule has 0 spiro atoms. The molecule has 0 saturated carbocycles. The molecular formula is C13H15BrN2O5. The number of rotatable bonds is 3. The number of aromatic carboxylic acids is 1. The zero-order valence-electron chi connectivity index (χ0n) is 11.1. The fourth-order valence-electron chi connectivity index (χ4n) is 2.07. The molecule has 1 heterocycles. The Hall–Kier alpha value is -1.64. The van der Waals surface area contributed by atoms with Crippen molar-refractivity contribution in [2.75, 3.05) is 31.7 Å². The number of carboxylic acids is 1. The van der Waals surface area contributed by atoms with Crippen LogP contribution in [0.25, 0.3) is 0 Å². The number of urea groups is 1. The van der Waals surface area contributed by atoms with Gasteiger partial charge in [0.1, 0.15) is 0 Å². The van der Waals surface area contributed by atoms with Crippen LogP contribution >= 0.6 is 15.9 Å². The molecule has 2 amide bonds. The third-order valence-corrected chi connectivity index (χ3v) is 3.65. The summed E-state index contributed by atoms with van der Waals surface area (Å²) in [5, 5.41) is 21.0. The van der Waals surface area contributed by atoms with E-state index in [1.165, 1.54) is 17.0 Å². The number of hydrogen-bond donors (Lipinski definition) is 3. The summed E-state index contributed by atoms with van der Waals surface area (Å²) in [5.41, 5.74) is 0.199.